The molecule has 0 saturated carbocycles. The Hall–Kier alpha value is -3.96. The number of anilines is 2. The van der Waals surface area contributed by atoms with Crippen LogP contribution < -0.4 is 15.5 Å². The standard InChI is InChI=1S/C28H28N6O3S2/c1-33(2)19-11-9-18(10-12-19)30-25(36)17-39-28-32-22-8-4-3-7-21(22)26-31-23(27(37)34(26)28)13-14-24(35)29-16-20-6-5-15-38-20/h3-12,15,23H,13-14,16-17H2,1-2H3,(H,29,35)(H,30,36)/t23-/m1/s1. The molecule has 1 aromatic heterocycles. The second-order valence-corrected chi connectivity index (χ2v) is 11.2. The first-order chi connectivity index (χ1) is 18.9. The number of fused-ring (bicyclic) bond motifs is 3. The van der Waals surface area contributed by atoms with Gasteiger partial charge in [-0.05, 0) is 54.3 Å². The van der Waals surface area contributed by atoms with Crippen molar-refractivity contribution in [3.63, 3.8) is 0 Å². The molecule has 3 aromatic rings. The first-order valence-corrected chi connectivity index (χ1v) is 14.3. The lowest BCUT2D eigenvalue weighted by molar-refractivity contribution is -0.125. The number of thiophene rings is 1. The Bertz CT molecular complexity index is 1430. The summed E-state index contributed by atoms with van der Waals surface area (Å²) in [6, 6.07) is 18.3. The molecule has 9 nitrogen and oxygen atoms in total. The van der Waals surface area contributed by atoms with Crippen LogP contribution in [0.15, 0.2) is 76.0 Å². The van der Waals surface area contributed by atoms with E-state index in [1.54, 1.807) is 11.3 Å². The molecule has 0 fully saturated rings. The summed E-state index contributed by atoms with van der Waals surface area (Å²) in [5, 5.41) is 8.15. The third-order valence-corrected chi connectivity index (χ3v) is 8.05. The molecule has 0 spiro atoms. The highest BCUT2D eigenvalue weighted by Crippen LogP contribution is 2.34. The van der Waals surface area contributed by atoms with Crippen molar-refractivity contribution < 1.29 is 14.4 Å². The predicted molar refractivity (Wildman–Crippen MR) is 158 cm³/mol. The molecule has 2 aromatic carbocycles. The molecule has 0 aliphatic carbocycles. The molecule has 0 saturated heterocycles. The second-order valence-electron chi connectivity index (χ2n) is 9.23. The van der Waals surface area contributed by atoms with Crippen LogP contribution in [-0.4, -0.2) is 59.5 Å². The summed E-state index contributed by atoms with van der Waals surface area (Å²) < 4.78 is 0. The van der Waals surface area contributed by atoms with Crippen LogP contribution in [0, 0.1) is 0 Å². The first kappa shape index (κ1) is 26.6. The third-order valence-electron chi connectivity index (χ3n) is 6.23. The van der Waals surface area contributed by atoms with Crippen LogP contribution in [0.4, 0.5) is 17.1 Å². The van der Waals surface area contributed by atoms with Gasteiger partial charge < -0.3 is 15.5 Å². The molecule has 0 bridgehead atoms. The number of amidine groups is 2. The molecule has 39 heavy (non-hydrogen) atoms. The van der Waals surface area contributed by atoms with Crippen molar-refractivity contribution in [1.29, 1.82) is 0 Å². The van der Waals surface area contributed by atoms with Gasteiger partial charge in [-0.15, -0.1) is 11.3 Å². The normalized spacial score (nSPS) is 15.7. The number of thioether (sulfide) groups is 1. The summed E-state index contributed by atoms with van der Waals surface area (Å²) in [6.07, 6.45) is 0.474. The smallest absolute Gasteiger partial charge is 0.259 e. The van der Waals surface area contributed by atoms with Gasteiger partial charge in [-0.1, -0.05) is 30.0 Å². The minimum absolute atomic E-state index is 0.0727. The number of rotatable bonds is 9. The highest BCUT2D eigenvalue weighted by atomic mass is 32.2. The molecule has 0 radical (unpaired) electrons. The lowest BCUT2D eigenvalue weighted by Gasteiger charge is -2.25. The molecule has 11 heteroatoms. The van der Waals surface area contributed by atoms with Crippen LogP contribution in [0.5, 0.6) is 0 Å². The van der Waals surface area contributed by atoms with Crippen molar-refractivity contribution >= 4 is 68.9 Å². The number of nitrogens with one attached hydrogen (secondary N) is 2. The lowest BCUT2D eigenvalue weighted by Crippen LogP contribution is -2.41. The van der Waals surface area contributed by atoms with E-state index in [-0.39, 0.29) is 29.9 Å². The fourth-order valence-electron chi connectivity index (χ4n) is 4.21. The quantitative estimate of drug-likeness (QED) is 0.407. The van der Waals surface area contributed by atoms with Gasteiger partial charge in [0.25, 0.3) is 5.91 Å². The number of carbonyl (C=O) groups excluding carboxylic acids is 3. The van der Waals surface area contributed by atoms with Crippen molar-refractivity contribution in [1.82, 2.24) is 10.2 Å². The Morgan fingerprint density at radius 3 is 2.59 bits per heavy atom. The van der Waals surface area contributed by atoms with Gasteiger partial charge in [0.2, 0.25) is 11.8 Å². The summed E-state index contributed by atoms with van der Waals surface area (Å²) in [7, 11) is 3.91. The Kier molecular flexibility index (Phi) is 8.08. The van der Waals surface area contributed by atoms with E-state index in [1.165, 1.54) is 16.7 Å². The summed E-state index contributed by atoms with van der Waals surface area (Å²) in [5.74, 6) is 0.0141. The van der Waals surface area contributed by atoms with E-state index >= 15 is 0 Å². The van der Waals surface area contributed by atoms with E-state index < -0.39 is 6.04 Å². The summed E-state index contributed by atoms with van der Waals surface area (Å²) in [6.45, 7) is 0.471. The number of amides is 3. The van der Waals surface area contributed by atoms with Crippen molar-refractivity contribution in [3.05, 3.63) is 76.5 Å². The number of carbonyl (C=O) groups is 3. The van der Waals surface area contributed by atoms with Gasteiger partial charge in [-0.25, -0.2) is 9.89 Å². The van der Waals surface area contributed by atoms with Gasteiger partial charge in [0.05, 0.1) is 18.0 Å². The molecule has 2 aliphatic rings. The molecule has 5 rings (SSSR count). The minimum Gasteiger partial charge on any atom is -0.378 e. The van der Waals surface area contributed by atoms with E-state index in [0.717, 1.165) is 16.1 Å². The molecule has 0 unspecified atom stereocenters. The molecular weight excluding hydrogens is 532 g/mol. The fourth-order valence-corrected chi connectivity index (χ4v) is 5.66. The molecular formula is C28H28N6O3S2. The maximum absolute atomic E-state index is 13.4. The molecule has 2 N–H and O–H groups in total. The van der Waals surface area contributed by atoms with Gasteiger partial charge in [-0.2, -0.15) is 0 Å². The molecule has 1 atom stereocenters. The summed E-state index contributed by atoms with van der Waals surface area (Å²) >= 11 is 2.77. The Labute approximate surface area is 235 Å². The zero-order valence-corrected chi connectivity index (χ0v) is 23.2. The van der Waals surface area contributed by atoms with Crippen LogP contribution in [-0.2, 0) is 20.9 Å². The minimum atomic E-state index is -0.687. The second kappa shape index (κ2) is 11.8. The number of benzene rings is 2. The van der Waals surface area contributed by atoms with E-state index in [1.807, 2.05) is 85.0 Å². The molecule has 3 heterocycles. The van der Waals surface area contributed by atoms with E-state index in [2.05, 4.69) is 15.6 Å². The third kappa shape index (κ3) is 6.21. The zero-order valence-electron chi connectivity index (χ0n) is 21.6. The number of hydrogen-bond acceptors (Lipinski definition) is 8. The van der Waals surface area contributed by atoms with Crippen molar-refractivity contribution in [3.8, 4) is 0 Å². The summed E-state index contributed by atoms with van der Waals surface area (Å²) in [4.78, 5) is 52.4. The lowest BCUT2D eigenvalue weighted by atomic mass is 10.1. The van der Waals surface area contributed by atoms with Gasteiger partial charge in [-0.3, -0.25) is 19.4 Å². The van der Waals surface area contributed by atoms with E-state index in [9.17, 15) is 14.4 Å². The Balaban J connectivity index is 1.23. The average molecular weight is 561 g/mol. The fraction of sp³-hybridized carbons (Fsp3) is 0.250. The SMILES string of the molecule is CN(C)c1ccc(NC(=O)CSC2=Nc3ccccc3C3=N[C@H](CCC(=O)NCc4cccs4)C(=O)N23)cc1. The highest BCUT2D eigenvalue weighted by molar-refractivity contribution is 8.14. The van der Waals surface area contributed by atoms with Crippen LogP contribution in [0.3, 0.4) is 0 Å². The van der Waals surface area contributed by atoms with Crippen LogP contribution >= 0.6 is 23.1 Å². The van der Waals surface area contributed by atoms with E-state index in [4.69, 9.17) is 4.99 Å². The number of para-hydroxylation sites is 1. The van der Waals surface area contributed by atoms with Crippen LogP contribution in [0.25, 0.3) is 0 Å². The van der Waals surface area contributed by atoms with Crippen LogP contribution in [0.1, 0.15) is 23.3 Å². The molecule has 200 valence electrons. The van der Waals surface area contributed by atoms with Crippen molar-refractivity contribution in [2.24, 2.45) is 9.98 Å². The maximum Gasteiger partial charge on any atom is 0.259 e. The van der Waals surface area contributed by atoms with Gasteiger partial charge in [0.1, 0.15) is 11.9 Å². The number of hydrogen-bond donors (Lipinski definition) is 2. The largest absolute Gasteiger partial charge is 0.378 e. The van der Waals surface area contributed by atoms with E-state index in [0.29, 0.717) is 35.3 Å². The zero-order chi connectivity index (χ0) is 27.4. The molecule has 2 aliphatic heterocycles. The Morgan fingerprint density at radius 2 is 1.85 bits per heavy atom. The average Bonchev–Trinajstić information content (AvgIpc) is 3.58. The summed E-state index contributed by atoms with van der Waals surface area (Å²) in [5.41, 5.74) is 3.17. The maximum atomic E-state index is 13.4. The first-order valence-electron chi connectivity index (χ1n) is 12.5. The van der Waals surface area contributed by atoms with Gasteiger partial charge in [0, 0.05) is 42.3 Å². The van der Waals surface area contributed by atoms with Crippen molar-refractivity contribution in [2.75, 3.05) is 30.1 Å². The highest BCUT2D eigenvalue weighted by Gasteiger charge is 2.41. The van der Waals surface area contributed by atoms with Gasteiger partial charge >= 0.3 is 0 Å². The number of aliphatic imine (C=N–C) groups is 2. The van der Waals surface area contributed by atoms with Crippen LogP contribution in [0.2, 0.25) is 0 Å². The molecule has 3 amide bonds. The Morgan fingerprint density at radius 1 is 1.05 bits per heavy atom. The number of nitrogens with zero attached hydrogens (tertiary/aromatic N) is 4. The predicted octanol–water partition coefficient (Wildman–Crippen LogP) is 4.24. The van der Waals surface area contributed by atoms with Crippen molar-refractivity contribution in [2.45, 2.75) is 25.4 Å². The topological polar surface area (TPSA) is 106 Å². The van der Waals surface area contributed by atoms with Gasteiger partial charge in [0.15, 0.2) is 5.17 Å². The monoisotopic (exact) mass is 560 g/mol.